The molecule has 9 nitrogen and oxygen atoms in total. The summed E-state index contributed by atoms with van der Waals surface area (Å²) in [6.07, 6.45) is 1.99. The van der Waals surface area contributed by atoms with E-state index in [2.05, 4.69) is 21.9 Å². The van der Waals surface area contributed by atoms with Crippen molar-refractivity contribution in [1.82, 2.24) is 19.9 Å². The van der Waals surface area contributed by atoms with Gasteiger partial charge >= 0.3 is 12.1 Å². The van der Waals surface area contributed by atoms with Crippen LogP contribution >= 0.6 is 11.6 Å². The number of nitrogens with two attached hydrogens (primary N) is 1. The average Bonchev–Trinajstić information content (AvgIpc) is 2.77. The van der Waals surface area contributed by atoms with E-state index in [0.717, 1.165) is 19.4 Å². The number of nitrogen functional groups attached to an aromatic ring is 1. The first-order chi connectivity index (χ1) is 16.0. The van der Waals surface area contributed by atoms with Gasteiger partial charge in [0.1, 0.15) is 22.3 Å². The summed E-state index contributed by atoms with van der Waals surface area (Å²) in [5.74, 6) is -0.729. The van der Waals surface area contributed by atoms with Crippen LogP contribution < -0.4 is 15.2 Å². The molecule has 0 saturated carbocycles. The number of likely N-dealkylation sites (tertiary alicyclic amines) is 1. The molecule has 1 atom stereocenters. The van der Waals surface area contributed by atoms with Crippen LogP contribution in [0.3, 0.4) is 0 Å². The predicted molar refractivity (Wildman–Crippen MR) is 134 cm³/mol. The van der Waals surface area contributed by atoms with Gasteiger partial charge in [0.05, 0.1) is 14.2 Å². The van der Waals surface area contributed by atoms with Gasteiger partial charge in [-0.1, -0.05) is 46.2 Å². The van der Waals surface area contributed by atoms with Crippen molar-refractivity contribution in [2.24, 2.45) is 0 Å². The number of rotatable bonds is 3. The van der Waals surface area contributed by atoms with Crippen LogP contribution in [-0.2, 0) is 4.74 Å². The first-order valence-electron chi connectivity index (χ1n) is 11.4. The minimum atomic E-state index is -0.796. The molecule has 3 heterocycles. The molecule has 1 aliphatic heterocycles. The Labute approximate surface area is 207 Å². The summed E-state index contributed by atoms with van der Waals surface area (Å²) in [5.41, 5.74) is 5.21. The van der Waals surface area contributed by atoms with Crippen molar-refractivity contribution in [2.45, 2.75) is 79.9 Å². The van der Waals surface area contributed by atoms with Gasteiger partial charge in [-0.25, -0.2) is 9.18 Å². The molecule has 34 heavy (non-hydrogen) atoms. The van der Waals surface area contributed by atoms with Crippen LogP contribution in [0.5, 0.6) is 11.9 Å². The summed E-state index contributed by atoms with van der Waals surface area (Å²) in [6.45, 7) is 16.6. The lowest BCUT2D eigenvalue weighted by Crippen LogP contribution is -2.52. The van der Waals surface area contributed by atoms with Gasteiger partial charge in [0.2, 0.25) is 5.88 Å². The minimum absolute atomic E-state index is 0.00627. The molecule has 2 N–H and O–H groups in total. The Morgan fingerprint density at radius 1 is 1.15 bits per heavy atom. The third kappa shape index (κ3) is 8.30. The summed E-state index contributed by atoms with van der Waals surface area (Å²) in [7, 11) is 2.71. The van der Waals surface area contributed by atoms with Gasteiger partial charge in [0.25, 0.3) is 0 Å². The zero-order valence-electron chi connectivity index (χ0n) is 22.0. The Morgan fingerprint density at radius 3 is 2.15 bits per heavy atom. The number of aromatic nitrogens is 3. The molecule has 2 aromatic heterocycles. The second-order valence-corrected chi connectivity index (χ2v) is 7.93. The lowest BCUT2D eigenvalue weighted by atomic mass is 10.0. The van der Waals surface area contributed by atoms with Crippen molar-refractivity contribution in [3.63, 3.8) is 0 Å². The number of fused-ring (bicyclic) bond motifs is 1. The molecule has 194 valence electrons. The highest BCUT2D eigenvalue weighted by Gasteiger charge is 2.33. The quantitative estimate of drug-likeness (QED) is 0.517. The summed E-state index contributed by atoms with van der Waals surface area (Å²) < 4.78 is 28.8. The zero-order chi connectivity index (χ0) is 26.6. The summed E-state index contributed by atoms with van der Waals surface area (Å²) in [5, 5.41) is -0.190. The van der Waals surface area contributed by atoms with Crippen molar-refractivity contribution in [2.75, 3.05) is 26.5 Å². The molecule has 0 aromatic carbocycles. The standard InChI is InChI=1S/C10H19NO2.C9H8ClFN4O2.2C2H6/c1-5-8-6-7-11(8)9(12)13-10(2,3)4;1-16-8-3-5(4(11)6(10)14-8)13-9(17-2)15-7(3)12;2*1-2/h8H,5-7H2,1-4H3;1-2H3,(H2,12,13,15);2*1-2H3. The predicted octanol–water partition coefficient (Wildman–Crippen LogP) is 5.87. The maximum Gasteiger partial charge on any atom is 0.410 e. The molecule has 2 aromatic rings. The van der Waals surface area contributed by atoms with Gasteiger partial charge in [0, 0.05) is 12.6 Å². The number of carbonyl (C=O) groups is 1. The number of anilines is 1. The highest BCUT2D eigenvalue weighted by molar-refractivity contribution is 6.30. The second-order valence-electron chi connectivity index (χ2n) is 7.57. The van der Waals surface area contributed by atoms with E-state index in [1.165, 1.54) is 14.2 Å². The molecule has 1 fully saturated rings. The monoisotopic (exact) mass is 503 g/mol. The molecule has 3 rings (SSSR count). The van der Waals surface area contributed by atoms with Crippen LogP contribution in [0.25, 0.3) is 10.9 Å². The van der Waals surface area contributed by atoms with E-state index < -0.39 is 5.82 Å². The van der Waals surface area contributed by atoms with Crippen molar-refractivity contribution < 1.29 is 23.4 Å². The van der Waals surface area contributed by atoms with E-state index in [9.17, 15) is 9.18 Å². The van der Waals surface area contributed by atoms with Gasteiger partial charge in [0.15, 0.2) is 11.0 Å². The van der Waals surface area contributed by atoms with Crippen LogP contribution in [0.4, 0.5) is 15.0 Å². The maximum absolute atomic E-state index is 13.8. The minimum Gasteiger partial charge on any atom is -0.480 e. The number of pyridine rings is 1. The van der Waals surface area contributed by atoms with Gasteiger partial charge in [-0.2, -0.15) is 15.0 Å². The Kier molecular flexibility index (Phi) is 13.5. The molecule has 1 saturated heterocycles. The molecular formula is C23H39ClFN5O4. The van der Waals surface area contributed by atoms with Gasteiger partial charge in [-0.15, -0.1) is 0 Å². The topological polar surface area (TPSA) is 113 Å². The first kappa shape index (κ1) is 31.4. The summed E-state index contributed by atoms with van der Waals surface area (Å²) in [4.78, 5) is 24.7. The van der Waals surface area contributed by atoms with Crippen molar-refractivity contribution >= 4 is 34.4 Å². The number of nitrogens with zero attached hydrogens (tertiary/aromatic N) is 4. The molecule has 0 spiro atoms. The van der Waals surface area contributed by atoms with Crippen molar-refractivity contribution in [3.8, 4) is 11.9 Å². The largest absolute Gasteiger partial charge is 0.480 e. The Bertz CT molecular complexity index is 923. The molecule has 0 radical (unpaired) electrons. The number of amides is 1. The van der Waals surface area contributed by atoms with Crippen LogP contribution in [0, 0.1) is 5.82 Å². The van der Waals surface area contributed by atoms with Crippen molar-refractivity contribution in [1.29, 1.82) is 0 Å². The molecule has 1 unspecified atom stereocenters. The van der Waals surface area contributed by atoms with Crippen LogP contribution in [0.15, 0.2) is 0 Å². The Morgan fingerprint density at radius 2 is 1.74 bits per heavy atom. The number of hydrogen-bond donors (Lipinski definition) is 1. The fourth-order valence-corrected chi connectivity index (χ4v) is 2.95. The summed E-state index contributed by atoms with van der Waals surface area (Å²) >= 11 is 5.61. The highest BCUT2D eigenvalue weighted by Crippen LogP contribution is 2.33. The van der Waals surface area contributed by atoms with Crippen LogP contribution in [0.2, 0.25) is 5.15 Å². The summed E-state index contributed by atoms with van der Waals surface area (Å²) in [6, 6.07) is 0.355. The van der Waals surface area contributed by atoms with E-state index in [0.29, 0.717) is 6.04 Å². The van der Waals surface area contributed by atoms with Gasteiger partial charge in [-0.3, -0.25) is 0 Å². The zero-order valence-corrected chi connectivity index (χ0v) is 22.7. The number of carbonyl (C=O) groups excluding carboxylic acids is 1. The molecule has 0 aliphatic carbocycles. The average molecular weight is 504 g/mol. The van der Waals surface area contributed by atoms with Crippen LogP contribution in [0.1, 0.15) is 68.2 Å². The van der Waals surface area contributed by atoms with Gasteiger partial charge < -0.3 is 24.8 Å². The Hall–Kier alpha value is -2.62. The highest BCUT2D eigenvalue weighted by atomic mass is 35.5. The SMILES string of the molecule is CC.CC.CCC1CCN1C(=O)OC(C)(C)C.COc1nc(N)c2c(OC)nc(Cl)c(F)c2n1. The third-order valence-electron chi connectivity index (χ3n) is 4.34. The number of halogens is 2. The molecule has 0 bridgehead atoms. The lowest BCUT2D eigenvalue weighted by Gasteiger charge is -2.40. The number of methoxy groups -OCH3 is 2. The smallest absolute Gasteiger partial charge is 0.410 e. The first-order valence-corrected chi connectivity index (χ1v) is 11.8. The van der Waals surface area contributed by atoms with E-state index in [1.54, 1.807) is 0 Å². The molecule has 1 aliphatic rings. The van der Waals surface area contributed by atoms with E-state index in [4.69, 9.17) is 31.5 Å². The van der Waals surface area contributed by atoms with E-state index >= 15 is 0 Å². The molecular weight excluding hydrogens is 465 g/mol. The Balaban J connectivity index is 0.000000574. The van der Waals surface area contributed by atoms with Crippen LogP contribution in [-0.4, -0.2) is 58.4 Å². The molecule has 1 amide bonds. The van der Waals surface area contributed by atoms with E-state index in [-0.39, 0.29) is 45.5 Å². The van der Waals surface area contributed by atoms with E-state index in [1.807, 2.05) is 53.4 Å². The lowest BCUT2D eigenvalue weighted by molar-refractivity contribution is -0.00575. The number of hydrogen-bond acceptors (Lipinski definition) is 8. The number of ether oxygens (including phenoxy) is 3. The van der Waals surface area contributed by atoms with Gasteiger partial charge in [-0.05, 0) is 33.6 Å². The maximum atomic E-state index is 13.8. The fourth-order valence-electron chi connectivity index (χ4n) is 2.78. The molecule has 11 heteroatoms. The second kappa shape index (κ2) is 14.6. The third-order valence-corrected chi connectivity index (χ3v) is 4.59. The normalized spacial score (nSPS) is 14.2. The fraction of sp³-hybridized carbons (Fsp3) is 0.652. The van der Waals surface area contributed by atoms with Crippen molar-refractivity contribution in [3.05, 3.63) is 11.0 Å².